The van der Waals surface area contributed by atoms with Crippen LogP contribution in [0.1, 0.15) is 44.2 Å². The molecule has 6 heteroatoms. The van der Waals surface area contributed by atoms with Crippen LogP contribution in [0.4, 0.5) is 13.6 Å². The lowest BCUT2D eigenvalue weighted by molar-refractivity contribution is 0.0563. The molecule has 0 unspecified atom stereocenters. The van der Waals surface area contributed by atoms with Crippen LogP contribution >= 0.6 is 0 Å². The number of benzene rings is 1. The second-order valence-corrected chi connectivity index (χ2v) is 6.31. The highest BCUT2D eigenvalue weighted by molar-refractivity contribution is 5.74. The summed E-state index contributed by atoms with van der Waals surface area (Å²) in [4.78, 5) is 13.7. The monoisotopic (exact) mass is 326 g/mol. The molecule has 1 aromatic rings. The van der Waals surface area contributed by atoms with E-state index in [1.807, 2.05) is 0 Å². The SMILES string of the molecule is C[C@H](NC(=O)N(C)C[C@@H]1CCCC[C@H]1O)c1cccc(F)c1F. The van der Waals surface area contributed by atoms with Crippen molar-refractivity contribution in [3.8, 4) is 0 Å². The Labute approximate surface area is 135 Å². The number of amides is 2. The van der Waals surface area contributed by atoms with E-state index in [1.54, 1.807) is 14.0 Å². The second kappa shape index (κ2) is 7.73. The molecule has 3 atom stereocenters. The van der Waals surface area contributed by atoms with E-state index in [9.17, 15) is 18.7 Å². The Bertz CT molecular complexity index is 553. The van der Waals surface area contributed by atoms with Gasteiger partial charge in [-0.2, -0.15) is 0 Å². The van der Waals surface area contributed by atoms with Crippen molar-refractivity contribution in [2.45, 2.75) is 44.8 Å². The van der Waals surface area contributed by atoms with Crippen LogP contribution in [-0.2, 0) is 0 Å². The molecule has 23 heavy (non-hydrogen) atoms. The van der Waals surface area contributed by atoms with Crippen LogP contribution < -0.4 is 5.32 Å². The standard InChI is InChI=1S/C17H24F2N2O2/c1-11(13-7-5-8-14(18)16(13)19)20-17(23)21(2)10-12-6-3-4-9-15(12)22/h5,7-8,11-12,15,22H,3-4,6,9-10H2,1-2H3,(H,20,23)/t11-,12-,15+/m0/s1. The van der Waals surface area contributed by atoms with Gasteiger partial charge in [0, 0.05) is 25.1 Å². The zero-order valence-electron chi connectivity index (χ0n) is 13.6. The first-order chi connectivity index (χ1) is 10.9. The Kier molecular flexibility index (Phi) is 5.93. The van der Waals surface area contributed by atoms with Gasteiger partial charge in [-0.3, -0.25) is 0 Å². The molecule has 0 saturated heterocycles. The summed E-state index contributed by atoms with van der Waals surface area (Å²) in [6.07, 6.45) is 3.36. The van der Waals surface area contributed by atoms with Gasteiger partial charge in [0.05, 0.1) is 12.1 Å². The maximum atomic E-state index is 13.8. The highest BCUT2D eigenvalue weighted by Crippen LogP contribution is 2.25. The van der Waals surface area contributed by atoms with Crippen LogP contribution in [0.25, 0.3) is 0 Å². The summed E-state index contributed by atoms with van der Waals surface area (Å²) >= 11 is 0. The van der Waals surface area contributed by atoms with Crippen molar-refractivity contribution >= 4 is 6.03 Å². The topological polar surface area (TPSA) is 52.6 Å². The highest BCUT2D eigenvalue weighted by Gasteiger charge is 2.26. The van der Waals surface area contributed by atoms with Crippen molar-refractivity contribution in [2.24, 2.45) is 5.92 Å². The molecule has 1 aromatic carbocycles. The van der Waals surface area contributed by atoms with Crippen molar-refractivity contribution in [3.05, 3.63) is 35.4 Å². The molecule has 0 aromatic heterocycles. The number of hydrogen-bond donors (Lipinski definition) is 2. The Morgan fingerprint density at radius 2 is 2.09 bits per heavy atom. The molecule has 1 fully saturated rings. The Hall–Kier alpha value is -1.69. The summed E-state index contributed by atoms with van der Waals surface area (Å²) in [5.41, 5.74) is 0.115. The summed E-state index contributed by atoms with van der Waals surface area (Å²) in [6.45, 7) is 2.06. The van der Waals surface area contributed by atoms with Crippen molar-refractivity contribution in [2.75, 3.05) is 13.6 Å². The molecule has 0 spiro atoms. The first kappa shape index (κ1) is 17.7. The maximum Gasteiger partial charge on any atom is 0.317 e. The number of halogens is 2. The van der Waals surface area contributed by atoms with Gasteiger partial charge in [0.15, 0.2) is 11.6 Å². The summed E-state index contributed by atoms with van der Waals surface area (Å²) in [5, 5.41) is 12.6. The van der Waals surface area contributed by atoms with Gasteiger partial charge in [-0.1, -0.05) is 25.0 Å². The Morgan fingerprint density at radius 1 is 1.39 bits per heavy atom. The molecule has 2 rings (SSSR count). The van der Waals surface area contributed by atoms with Gasteiger partial charge in [-0.15, -0.1) is 0 Å². The minimum absolute atomic E-state index is 0.0701. The molecule has 128 valence electrons. The number of aliphatic hydroxyl groups is 1. The number of carbonyl (C=O) groups excluding carboxylic acids is 1. The first-order valence-corrected chi connectivity index (χ1v) is 8.03. The average Bonchev–Trinajstić information content (AvgIpc) is 2.52. The third-order valence-electron chi connectivity index (χ3n) is 4.51. The maximum absolute atomic E-state index is 13.8. The fourth-order valence-corrected chi connectivity index (χ4v) is 3.06. The van der Waals surface area contributed by atoms with E-state index in [0.717, 1.165) is 31.7 Å². The number of nitrogens with one attached hydrogen (secondary N) is 1. The van der Waals surface area contributed by atoms with Crippen LogP contribution in [0, 0.1) is 17.6 Å². The number of hydrogen-bond acceptors (Lipinski definition) is 2. The number of aliphatic hydroxyl groups excluding tert-OH is 1. The molecule has 1 aliphatic carbocycles. The smallest absolute Gasteiger partial charge is 0.317 e. The van der Waals surface area contributed by atoms with Gasteiger partial charge in [-0.25, -0.2) is 13.6 Å². The Balaban J connectivity index is 1.93. The fourth-order valence-electron chi connectivity index (χ4n) is 3.06. The molecule has 2 N–H and O–H groups in total. The highest BCUT2D eigenvalue weighted by atomic mass is 19.2. The quantitative estimate of drug-likeness (QED) is 0.892. The third kappa shape index (κ3) is 4.41. The van der Waals surface area contributed by atoms with E-state index in [4.69, 9.17) is 0 Å². The number of urea groups is 1. The summed E-state index contributed by atoms with van der Waals surface area (Å²) in [5.74, 6) is -1.80. The lowest BCUT2D eigenvalue weighted by atomic mass is 9.86. The van der Waals surface area contributed by atoms with Crippen molar-refractivity contribution in [3.63, 3.8) is 0 Å². The van der Waals surface area contributed by atoms with E-state index >= 15 is 0 Å². The van der Waals surface area contributed by atoms with Crippen molar-refractivity contribution in [1.29, 1.82) is 0 Å². The minimum Gasteiger partial charge on any atom is -0.393 e. The molecule has 4 nitrogen and oxygen atoms in total. The lowest BCUT2D eigenvalue weighted by Crippen LogP contribution is -2.43. The molecule has 0 aliphatic heterocycles. The number of nitrogens with zero attached hydrogens (tertiary/aromatic N) is 1. The van der Waals surface area contributed by atoms with E-state index in [2.05, 4.69) is 5.32 Å². The van der Waals surface area contributed by atoms with Crippen LogP contribution in [-0.4, -0.2) is 35.7 Å². The van der Waals surface area contributed by atoms with Crippen LogP contribution in [0.15, 0.2) is 18.2 Å². The summed E-state index contributed by atoms with van der Waals surface area (Å²) in [7, 11) is 1.64. The van der Waals surface area contributed by atoms with E-state index in [1.165, 1.54) is 17.0 Å². The third-order valence-corrected chi connectivity index (χ3v) is 4.51. The van der Waals surface area contributed by atoms with Crippen molar-refractivity contribution < 1.29 is 18.7 Å². The minimum atomic E-state index is -0.939. The molecule has 1 saturated carbocycles. The van der Waals surface area contributed by atoms with Gasteiger partial charge in [0.1, 0.15) is 0 Å². The number of carbonyl (C=O) groups is 1. The van der Waals surface area contributed by atoms with E-state index in [-0.39, 0.29) is 23.6 Å². The van der Waals surface area contributed by atoms with Crippen LogP contribution in [0.3, 0.4) is 0 Å². The summed E-state index contributed by atoms with van der Waals surface area (Å²) < 4.78 is 27.0. The molecular formula is C17H24F2N2O2. The average molecular weight is 326 g/mol. The van der Waals surface area contributed by atoms with Crippen molar-refractivity contribution in [1.82, 2.24) is 10.2 Å². The van der Waals surface area contributed by atoms with Gasteiger partial charge >= 0.3 is 6.03 Å². The van der Waals surface area contributed by atoms with E-state index in [0.29, 0.717) is 6.54 Å². The molecule has 0 bridgehead atoms. The largest absolute Gasteiger partial charge is 0.393 e. The first-order valence-electron chi connectivity index (χ1n) is 8.03. The molecule has 1 aliphatic rings. The van der Waals surface area contributed by atoms with E-state index < -0.39 is 17.7 Å². The second-order valence-electron chi connectivity index (χ2n) is 6.31. The Morgan fingerprint density at radius 3 is 2.78 bits per heavy atom. The number of rotatable bonds is 4. The fraction of sp³-hybridized carbons (Fsp3) is 0.588. The molecular weight excluding hydrogens is 302 g/mol. The zero-order valence-corrected chi connectivity index (χ0v) is 13.6. The van der Waals surface area contributed by atoms with Gasteiger partial charge in [0.25, 0.3) is 0 Å². The predicted molar refractivity (Wildman–Crippen MR) is 83.9 cm³/mol. The zero-order chi connectivity index (χ0) is 17.0. The predicted octanol–water partition coefficient (Wildman–Crippen LogP) is 3.22. The van der Waals surface area contributed by atoms with Crippen LogP contribution in [0.5, 0.6) is 0 Å². The molecule has 0 heterocycles. The molecule has 2 amide bonds. The van der Waals surface area contributed by atoms with Gasteiger partial charge in [0.2, 0.25) is 0 Å². The lowest BCUT2D eigenvalue weighted by Gasteiger charge is -2.31. The van der Waals surface area contributed by atoms with Gasteiger partial charge in [-0.05, 0) is 25.8 Å². The van der Waals surface area contributed by atoms with Crippen LogP contribution in [0.2, 0.25) is 0 Å². The summed E-state index contributed by atoms with van der Waals surface area (Å²) in [6, 6.07) is 2.91. The van der Waals surface area contributed by atoms with Gasteiger partial charge < -0.3 is 15.3 Å². The normalized spacial score (nSPS) is 22.5. The molecule has 0 radical (unpaired) electrons.